The van der Waals surface area contributed by atoms with Crippen molar-refractivity contribution in [2.45, 2.75) is 19.8 Å². The van der Waals surface area contributed by atoms with E-state index in [0.29, 0.717) is 33.7 Å². The van der Waals surface area contributed by atoms with E-state index in [1.165, 1.54) is 11.7 Å². The van der Waals surface area contributed by atoms with Gasteiger partial charge in [0.05, 0.1) is 48.0 Å². The Bertz CT molecular complexity index is 1560. The highest BCUT2D eigenvalue weighted by Gasteiger charge is 2.36. The van der Waals surface area contributed by atoms with Crippen LogP contribution in [0.3, 0.4) is 0 Å². The van der Waals surface area contributed by atoms with Gasteiger partial charge in [-0.3, -0.25) is 9.36 Å². The van der Waals surface area contributed by atoms with Crippen LogP contribution in [0.15, 0.2) is 58.9 Å². The molecule has 0 fully saturated rings. The summed E-state index contributed by atoms with van der Waals surface area (Å²) in [5, 5.41) is 10.2. The number of thiazole rings is 1. The first-order valence-electron chi connectivity index (χ1n) is 11.3. The Balaban J connectivity index is 1.97. The number of ether oxygens (including phenoxy) is 3. The van der Waals surface area contributed by atoms with Crippen molar-refractivity contribution in [2.24, 2.45) is 5.73 Å². The van der Waals surface area contributed by atoms with Crippen LogP contribution in [0, 0.1) is 11.3 Å². The fourth-order valence-electron chi connectivity index (χ4n) is 4.12. The van der Waals surface area contributed by atoms with Gasteiger partial charge in [0.15, 0.2) is 0 Å². The summed E-state index contributed by atoms with van der Waals surface area (Å²) >= 11 is 1.15. The van der Waals surface area contributed by atoms with Crippen LogP contribution in [0.1, 0.15) is 30.9 Å². The number of nitrogens with zero attached hydrogens (tertiary/aromatic N) is 2. The molecule has 0 bridgehead atoms. The van der Waals surface area contributed by atoms with E-state index in [0.717, 1.165) is 22.6 Å². The van der Waals surface area contributed by atoms with Gasteiger partial charge >= 0.3 is 5.97 Å². The molecule has 8 nitrogen and oxygen atoms in total. The van der Waals surface area contributed by atoms with Gasteiger partial charge in [-0.2, -0.15) is 5.26 Å². The summed E-state index contributed by atoms with van der Waals surface area (Å²) < 4.78 is 18.1. The molecule has 0 amide bonds. The molecule has 1 aliphatic rings. The number of esters is 1. The van der Waals surface area contributed by atoms with Crippen molar-refractivity contribution in [1.82, 2.24) is 4.57 Å². The lowest BCUT2D eigenvalue weighted by Gasteiger charge is -2.25. The molecule has 36 heavy (non-hydrogen) atoms. The monoisotopic (exact) mass is 503 g/mol. The lowest BCUT2D eigenvalue weighted by Crippen LogP contribution is -2.40. The Morgan fingerprint density at radius 2 is 1.83 bits per heavy atom. The number of hydrogen-bond donors (Lipinski definition) is 1. The van der Waals surface area contributed by atoms with Crippen molar-refractivity contribution < 1.29 is 19.0 Å². The first-order valence-corrected chi connectivity index (χ1v) is 12.2. The maximum atomic E-state index is 13.4. The summed E-state index contributed by atoms with van der Waals surface area (Å²) in [4.78, 5) is 26.3. The van der Waals surface area contributed by atoms with E-state index in [1.54, 1.807) is 30.3 Å². The smallest absolute Gasteiger partial charge is 0.338 e. The summed E-state index contributed by atoms with van der Waals surface area (Å²) in [6.07, 6.45) is 1.72. The molecule has 0 radical (unpaired) electrons. The number of benzene rings is 2. The van der Waals surface area contributed by atoms with Gasteiger partial charge in [-0.05, 0) is 55.3 Å². The number of nitrogens with two attached hydrogens (primary N) is 1. The third-order valence-corrected chi connectivity index (χ3v) is 6.77. The predicted octanol–water partition coefficient (Wildman–Crippen LogP) is 2.31. The largest absolute Gasteiger partial charge is 0.494 e. The molecule has 2 N–H and O–H groups in total. The number of methoxy groups -OCH3 is 1. The van der Waals surface area contributed by atoms with Crippen LogP contribution in [0.25, 0.3) is 17.5 Å². The SMILES string of the molecule is CCOc1ccc(/C=c2/sc3n(c2=O)C(N)=C(C(=O)OC)[C@H](c2cccc(OCC)c2)C=3C#N)cc1. The zero-order valence-corrected chi connectivity index (χ0v) is 20.9. The maximum absolute atomic E-state index is 13.4. The minimum absolute atomic E-state index is 0.0303. The number of rotatable bonds is 7. The highest BCUT2D eigenvalue weighted by Crippen LogP contribution is 2.37. The third-order valence-electron chi connectivity index (χ3n) is 5.67. The van der Waals surface area contributed by atoms with Crippen LogP contribution in [0.5, 0.6) is 11.5 Å². The van der Waals surface area contributed by atoms with Crippen molar-refractivity contribution >= 4 is 34.8 Å². The summed E-state index contributed by atoms with van der Waals surface area (Å²) in [5.74, 6) is -0.278. The van der Waals surface area contributed by atoms with Crippen molar-refractivity contribution in [3.63, 3.8) is 0 Å². The molecule has 0 aliphatic carbocycles. The number of carbonyl (C=O) groups is 1. The van der Waals surface area contributed by atoms with Gasteiger partial charge in [0.2, 0.25) is 0 Å². The average molecular weight is 504 g/mol. The van der Waals surface area contributed by atoms with E-state index < -0.39 is 17.4 Å². The van der Waals surface area contributed by atoms with E-state index in [4.69, 9.17) is 19.9 Å². The highest BCUT2D eigenvalue weighted by molar-refractivity contribution is 7.07. The first-order chi connectivity index (χ1) is 17.4. The molecule has 0 saturated heterocycles. The molecule has 2 heterocycles. The molecular weight excluding hydrogens is 478 g/mol. The fourth-order valence-corrected chi connectivity index (χ4v) is 5.25. The normalized spacial score (nSPS) is 15.3. The van der Waals surface area contributed by atoms with Crippen LogP contribution in [0.2, 0.25) is 0 Å². The Morgan fingerprint density at radius 3 is 2.47 bits per heavy atom. The van der Waals surface area contributed by atoms with Crippen LogP contribution < -0.4 is 30.0 Å². The van der Waals surface area contributed by atoms with Crippen molar-refractivity contribution in [2.75, 3.05) is 20.3 Å². The average Bonchev–Trinajstić information content (AvgIpc) is 3.21. The number of hydrogen-bond acceptors (Lipinski definition) is 8. The molecule has 2 aromatic carbocycles. The van der Waals surface area contributed by atoms with Gasteiger partial charge < -0.3 is 19.9 Å². The predicted molar refractivity (Wildman–Crippen MR) is 138 cm³/mol. The Labute approximate surface area is 211 Å². The Morgan fingerprint density at radius 1 is 1.14 bits per heavy atom. The van der Waals surface area contributed by atoms with Crippen LogP contribution in [0.4, 0.5) is 0 Å². The first kappa shape index (κ1) is 24.8. The number of nitriles is 1. The molecular formula is C27H25N3O5S. The molecule has 0 saturated carbocycles. The van der Waals surface area contributed by atoms with Crippen molar-refractivity contribution in [3.05, 3.63) is 84.8 Å². The zero-order valence-electron chi connectivity index (χ0n) is 20.1. The second-order valence-electron chi connectivity index (χ2n) is 7.81. The van der Waals surface area contributed by atoms with E-state index in [9.17, 15) is 14.9 Å². The van der Waals surface area contributed by atoms with Gasteiger partial charge in [-0.1, -0.05) is 24.3 Å². The minimum atomic E-state index is -0.820. The Kier molecular flexibility index (Phi) is 7.27. The molecule has 9 heteroatoms. The quantitative estimate of drug-likeness (QED) is 0.492. The minimum Gasteiger partial charge on any atom is -0.494 e. The number of fused-ring (bicyclic) bond motifs is 1. The Hall–Kier alpha value is -4.29. The zero-order chi connectivity index (χ0) is 25.8. The molecule has 4 rings (SSSR count). The number of carbonyl (C=O) groups excluding carboxylic acids is 1. The van der Waals surface area contributed by atoms with Gasteiger partial charge in [0.25, 0.3) is 5.56 Å². The van der Waals surface area contributed by atoms with Gasteiger partial charge in [0.1, 0.15) is 22.0 Å². The lowest BCUT2D eigenvalue weighted by atomic mass is 9.83. The standard InChI is InChI=1S/C27H25N3O5S/c1-4-34-18-11-9-16(10-12-18)13-21-25(31)30-24(29)23(27(32)33-3)22(20(15-28)26(30)36-21)17-7-6-8-19(14-17)35-5-2/h6-14,22H,4-5,29H2,1-3H3/b21-13+/t22-/m1/s1. The van der Waals surface area contributed by atoms with Crippen LogP contribution in [-0.4, -0.2) is 30.9 Å². The summed E-state index contributed by atoms with van der Waals surface area (Å²) in [6, 6.07) is 16.6. The lowest BCUT2D eigenvalue weighted by molar-refractivity contribution is -0.136. The molecule has 1 atom stereocenters. The summed E-state index contributed by atoms with van der Waals surface area (Å²) in [5.41, 5.74) is 7.68. The van der Waals surface area contributed by atoms with Gasteiger partial charge in [-0.25, -0.2) is 4.79 Å². The van der Waals surface area contributed by atoms with Crippen molar-refractivity contribution in [1.29, 1.82) is 5.26 Å². The third kappa shape index (κ3) is 4.51. The van der Waals surface area contributed by atoms with E-state index in [-0.39, 0.29) is 17.0 Å². The fraction of sp³-hybridized carbons (Fsp3) is 0.222. The molecule has 0 spiro atoms. The van der Waals surface area contributed by atoms with Gasteiger partial charge in [-0.15, -0.1) is 11.3 Å². The molecule has 184 valence electrons. The van der Waals surface area contributed by atoms with Crippen molar-refractivity contribution in [3.8, 4) is 17.6 Å². The maximum Gasteiger partial charge on any atom is 0.338 e. The molecule has 3 aromatic rings. The second-order valence-corrected chi connectivity index (χ2v) is 8.84. The molecule has 1 aliphatic heterocycles. The van der Waals surface area contributed by atoms with E-state index in [1.807, 2.05) is 38.1 Å². The number of aromatic nitrogens is 1. The topological polar surface area (TPSA) is 117 Å². The second kappa shape index (κ2) is 10.5. The highest BCUT2D eigenvalue weighted by atomic mass is 32.1. The molecule has 0 unspecified atom stereocenters. The van der Waals surface area contributed by atoms with E-state index in [2.05, 4.69) is 6.07 Å². The summed E-state index contributed by atoms with van der Waals surface area (Å²) in [7, 11) is 1.24. The van der Waals surface area contributed by atoms with Crippen LogP contribution >= 0.6 is 11.3 Å². The van der Waals surface area contributed by atoms with E-state index >= 15 is 0 Å². The molecule has 1 aromatic heterocycles. The summed E-state index contributed by atoms with van der Waals surface area (Å²) in [6.45, 7) is 4.78. The van der Waals surface area contributed by atoms with Crippen LogP contribution in [-0.2, 0) is 9.53 Å². The van der Waals surface area contributed by atoms with Gasteiger partial charge in [0, 0.05) is 0 Å².